The van der Waals surface area contributed by atoms with Crippen LogP contribution in [-0.4, -0.2) is 35.7 Å². The summed E-state index contributed by atoms with van der Waals surface area (Å²) in [6.07, 6.45) is 0. The zero-order valence-electron chi connectivity index (χ0n) is 10.7. The molecule has 2 aromatic rings. The van der Waals surface area contributed by atoms with E-state index in [1.165, 1.54) is 0 Å². The van der Waals surface area contributed by atoms with Gasteiger partial charge in [0.1, 0.15) is 5.52 Å². The first kappa shape index (κ1) is 15.3. The molecule has 4 nitrogen and oxygen atoms in total. The van der Waals surface area contributed by atoms with E-state index in [9.17, 15) is 0 Å². The second-order valence-electron chi connectivity index (χ2n) is 4.66. The first-order valence-corrected chi connectivity index (χ1v) is 9.33. The third kappa shape index (κ3) is 2.37. The van der Waals surface area contributed by atoms with Gasteiger partial charge in [0.25, 0.3) is 0 Å². The number of nitrogens with zero attached hydrogens (tertiary/aromatic N) is 3. The number of nitrogens with one attached hydrogen (secondary N) is 1. The largest absolute Gasteiger partial charge is 0.340 e. The Morgan fingerprint density at radius 3 is 2.20 bits per heavy atom. The van der Waals surface area contributed by atoms with Crippen molar-refractivity contribution in [3.63, 3.8) is 0 Å². The fraction of sp³-hybridized carbons (Fsp3) is 0.417. The summed E-state index contributed by atoms with van der Waals surface area (Å²) in [5, 5.41) is 3.37. The normalized spacial score (nSPS) is 16.1. The number of halogens is 4. The molecule has 2 heterocycles. The van der Waals surface area contributed by atoms with Gasteiger partial charge in [0, 0.05) is 42.2 Å². The van der Waals surface area contributed by atoms with E-state index >= 15 is 0 Å². The monoisotopic (exact) mass is 528 g/mol. The number of aryl methyl sites for hydroxylation is 1. The Hall–Kier alpha value is 0.370. The maximum absolute atomic E-state index is 4.83. The number of piperazine rings is 1. The molecule has 0 aliphatic carbocycles. The molecule has 1 aromatic carbocycles. The lowest BCUT2D eigenvalue weighted by atomic mass is 10.3. The van der Waals surface area contributed by atoms with E-state index in [-0.39, 0.29) is 0 Å². The molecule has 1 aliphatic rings. The Labute approximate surface area is 150 Å². The van der Waals surface area contributed by atoms with Crippen molar-refractivity contribution in [3.8, 4) is 0 Å². The zero-order chi connectivity index (χ0) is 14.4. The van der Waals surface area contributed by atoms with E-state index in [4.69, 9.17) is 4.98 Å². The quantitative estimate of drug-likeness (QED) is 0.446. The first-order chi connectivity index (χ1) is 9.52. The number of anilines is 1. The van der Waals surface area contributed by atoms with Crippen LogP contribution in [-0.2, 0) is 7.05 Å². The number of aromatic nitrogens is 2. The molecule has 0 radical (unpaired) electrons. The Morgan fingerprint density at radius 1 is 0.950 bits per heavy atom. The van der Waals surface area contributed by atoms with Crippen LogP contribution in [0.15, 0.2) is 17.9 Å². The van der Waals surface area contributed by atoms with Crippen LogP contribution in [0, 0.1) is 0 Å². The Bertz CT molecular complexity index is 676. The van der Waals surface area contributed by atoms with E-state index < -0.39 is 0 Å². The van der Waals surface area contributed by atoms with Gasteiger partial charge in [0.05, 0.1) is 14.5 Å². The topological polar surface area (TPSA) is 33.1 Å². The Kier molecular flexibility index (Phi) is 4.48. The molecule has 0 bridgehead atoms. The molecule has 20 heavy (non-hydrogen) atoms. The van der Waals surface area contributed by atoms with Gasteiger partial charge in [-0.15, -0.1) is 0 Å². The van der Waals surface area contributed by atoms with Gasteiger partial charge >= 0.3 is 0 Å². The average molecular weight is 532 g/mol. The highest BCUT2D eigenvalue weighted by Crippen LogP contribution is 2.44. The van der Waals surface area contributed by atoms with Crippen LogP contribution in [0.4, 0.5) is 5.95 Å². The van der Waals surface area contributed by atoms with Crippen LogP contribution < -0.4 is 10.2 Å². The van der Waals surface area contributed by atoms with Crippen LogP contribution >= 0.6 is 63.7 Å². The standard InChI is InChI=1S/C12H12Br4N4/c1-19-11-9(16)7(14)6(13)8(15)10(11)18-12(19)20-4-2-17-3-5-20/h17H,2-5H2,1H3. The summed E-state index contributed by atoms with van der Waals surface area (Å²) < 4.78 is 6.10. The van der Waals surface area contributed by atoms with E-state index in [1.54, 1.807) is 0 Å². The zero-order valence-corrected chi connectivity index (χ0v) is 17.0. The number of imidazole rings is 1. The van der Waals surface area contributed by atoms with Crippen LogP contribution in [0.2, 0.25) is 0 Å². The predicted octanol–water partition coefficient (Wildman–Crippen LogP) is 4.03. The summed E-state index contributed by atoms with van der Waals surface area (Å²) in [5.41, 5.74) is 2.04. The third-order valence-electron chi connectivity index (χ3n) is 3.47. The van der Waals surface area contributed by atoms with Crippen LogP contribution in [0.1, 0.15) is 0 Å². The molecule has 1 aliphatic heterocycles. The van der Waals surface area contributed by atoms with Crippen molar-refractivity contribution in [2.24, 2.45) is 7.05 Å². The fourth-order valence-electron chi connectivity index (χ4n) is 2.44. The van der Waals surface area contributed by atoms with Crippen LogP contribution in [0.25, 0.3) is 11.0 Å². The van der Waals surface area contributed by atoms with E-state index in [1.807, 2.05) is 0 Å². The molecule has 0 spiro atoms. The maximum atomic E-state index is 4.83. The Balaban J connectivity index is 2.24. The highest BCUT2D eigenvalue weighted by Gasteiger charge is 2.23. The van der Waals surface area contributed by atoms with Gasteiger partial charge in [-0.05, 0) is 63.7 Å². The molecule has 1 fully saturated rings. The van der Waals surface area contributed by atoms with Gasteiger partial charge in [0.2, 0.25) is 5.95 Å². The molecule has 1 aromatic heterocycles. The first-order valence-electron chi connectivity index (χ1n) is 6.16. The lowest BCUT2D eigenvalue weighted by molar-refractivity contribution is 0.575. The molecule has 108 valence electrons. The number of benzene rings is 1. The molecule has 1 saturated heterocycles. The van der Waals surface area contributed by atoms with Gasteiger partial charge < -0.3 is 14.8 Å². The fourth-order valence-corrected chi connectivity index (χ4v) is 4.87. The molecular weight excluding hydrogens is 520 g/mol. The van der Waals surface area contributed by atoms with Crippen molar-refractivity contribution in [1.29, 1.82) is 0 Å². The van der Waals surface area contributed by atoms with Crippen LogP contribution in [0.3, 0.4) is 0 Å². The second kappa shape index (κ2) is 5.87. The van der Waals surface area contributed by atoms with Gasteiger partial charge in [0.15, 0.2) is 0 Å². The molecule has 8 heteroatoms. The summed E-state index contributed by atoms with van der Waals surface area (Å²) in [4.78, 5) is 7.15. The molecule has 0 unspecified atom stereocenters. The van der Waals surface area contributed by atoms with Crippen LogP contribution in [0.5, 0.6) is 0 Å². The molecule has 1 N–H and O–H groups in total. The van der Waals surface area contributed by atoms with Gasteiger partial charge in [-0.2, -0.15) is 0 Å². The number of hydrogen-bond donors (Lipinski definition) is 1. The average Bonchev–Trinajstić information content (AvgIpc) is 2.81. The summed E-state index contributed by atoms with van der Waals surface area (Å²) in [6, 6.07) is 0. The van der Waals surface area contributed by atoms with E-state index in [2.05, 4.69) is 85.6 Å². The summed E-state index contributed by atoms with van der Waals surface area (Å²) in [6.45, 7) is 3.96. The molecule has 3 rings (SSSR count). The number of hydrogen-bond acceptors (Lipinski definition) is 3. The maximum Gasteiger partial charge on any atom is 0.206 e. The number of rotatable bonds is 1. The number of fused-ring (bicyclic) bond motifs is 1. The lowest BCUT2D eigenvalue weighted by Gasteiger charge is -2.28. The molecule has 0 saturated carbocycles. The predicted molar refractivity (Wildman–Crippen MR) is 96.6 cm³/mol. The van der Waals surface area contributed by atoms with Gasteiger partial charge in [-0.1, -0.05) is 0 Å². The molecular formula is C12H12Br4N4. The summed E-state index contributed by atoms with van der Waals surface area (Å²) in [7, 11) is 2.06. The highest BCUT2D eigenvalue weighted by atomic mass is 79.9. The van der Waals surface area contributed by atoms with Crippen molar-refractivity contribution in [1.82, 2.24) is 14.9 Å². The summed E-state index contributed by atoms with van der Waals surface area (Å²) >= 11 is 14.5. The summed E-state index contributed by atoms with van der Waals surface area (Å²) in [5.74, 6) is 1.01. The van der Waals surface area contributed by atoms with Crippen molar-refractivity contribution < 1.29 is 0 Å². The molecule has 0 atom stereocenters. The smallest absolute Gasteiger partial charge is 0.206 e. The molecule has 0 amide bonds. The van der Waals surface area contributed by atoms with Crippen molar-refractivity contribution in [2.75, 3.05) is 31.1 Å². The van der Waals surface area contributed by atoms with Crippen molar-refractivity contribution >= 4 is 80.7 Å². The Morgan fingerprint density at radius 2 is 1.55 bits per heavy atom. The SMILES string of the molecule is Cn1c(N2CCNCC2)nc2c(Br)c(Br)c(Br)c(Br)c21. The second-order valence-corrected chi connectivity index (χ2v) is 7.83. The van der Waals surface area contributed by atoms with Gasteiger partial charge in [-0.25, -0.2) is 4.98 Å². The third-order valence-corrected chi connectivity index (χ3v) is 8.19. The minimum absolute atomic E-state index is 0.961. The minimum Gasteiger partial charge on any atom is -0.340 e. The highest BCUT2D eigenvalue weighted by molar-refractivity contribution is 9.15. The van der Waals surface area contributed by atoms with Crippen molar-refractivity contribution in [3.05, 3.63) is 17.9 Å². The lowest BCUT2D eigenvalue weighted by Crippen LogP contribution is -2.44. The van der Waals surface area contributed by atoms with E-state index in [0.717, 1.165) is 61.1 Å². The van der Waals surface area contributed by atoms with E-state index in [0.29, 0.717) is 0 Å². The van der Waals surface area contributed by atoms with Crippen molar-refractivity contribution in [2.45, 2.75) is 0 Å². The minimum atomic E-state index is 0.961. The van der Waals surface area contributed by atoms with Gasteiger partial charge in [-0.3, -0.25) is 0 Å².